The van der Waals surface area contributed by atoms with Crippen LogP contribution >= 0.6 is 0 Å². The van der Waals surface area contributed by atoms with Gasteiger partial charge in [0.2, 0.25) is 0 Å². The molecule has 0 bridgehead atoms. The van der Waals surface area contributed by atoms with Gasteiger partial charge < -0.3 is 4.74 Å². The van der Waals surface area contributed by atoms with Crippen molar-refractivity contribution in [1.82, 2.24) is 4.31 Å². The minimum absolute atomic E-state index is 0.135. The van der Waals surface area contributed by atoms with E-state index in [0.717, 1.165) is 0 Å². The highest BCUT2D eigenvalue weighted by molar-refractivity contribution is 7.85. The molecule has 7 heteroatoms. The van der Waals surface area contributed by atoms with Crippen LogP contribution in [0.5, 0.6) is 0 Å². The first-order valence-electron chi connectivity index (χ1n) is 3.49. The Hall–Kier alpha value is -0.820. The van der Waals surface area contributed by atoms with Crippen molar-refractivity contribution in [3.63, 3.8) is 0 Å². The molecular weight excluding hydrogens is 210 g/mol. The Labute approximate surface area is 83.0 Å². The van der Waals surface area contributed by atoms with E-state index in [2.05, 4.69) is 8.92 Å². The molecule has 0 aromatic heterocycles. The van der Waals surface area contributed by atoms with Gasteiger partial charge in [0.25, 0.3) is 0 Å². The Balaban J connectivity index is 2.72. The van der Waals surface area contributed by atoms with Crippen molar-refractivity contribution in [2.24, 2.45) is 0 Å². The fraction of sp³-hybridized carbons (Fsp3) is 0.429. The number of hydrogen-bond donors (Lipinski definition) is 0. The third-order valence-electron chi connectivity index (χ3n) is 1.26. The van der Waals surface area contributed by atoms with Gasteiger partial charge in [0.15, 0.2) is 0 Å². The van der Waals surface area contributed by atoms with Gasteiger partial charge in [0.1, 0.15) is 5.60 Å². The number of rotatable bonds is 1. The van der Waals surface area contributed by atoms with Gasteiger partial charge in [-0.15, -0.1) is 0 Å². The van der Waals surface area contributed by atoms with Crippen molar-refractivity contribution < 1.29 is 22.1 Å². The van der Waals surface area contributed by atoms with Gasteiger partial charge in [0.05, 0.1) is 13.2 Å². The normalized spacial score (nSPS) is 20.9. The molecule has 1 heterocycles. The fourth-order valence-corrected chi connectivity index (χ4v) is 1.72. The van der Waals surface area contributed by atoms with Crippen LogP contribution in [0.4, 0.5) is 4.79 Å². The molecule has 0 atom stereocenters. The Kier molecular flexibility index (Phi) is 2.73. The lowest BCUT2D eigenvalue weighted by atomic mass is 10.2. The SMILES string of the molecule is [CH]C([CH])([CH])OC(=O)N1CCOS1(=O)=O. The van der Waals surface area contributed by atoms with Gasteiger partial charge in [-0.2, -0.15) is 12.7 Å². The van der Waals surface area contributed by atoms with Crippen LogP contribution in [0.1, 0.15) is 0 Å². The Morgan fingerprint density at radius 1 is 1.43 bits per heavy atom. The van der Waals surface area contributed by atoms with E-state index < -0.39 is 22.0 Å². The first-order chi connectivity index (χ1) is 6.22. The van der Waals surface area contributed by atoms with Gasteiger partial charge in [0, 0.05) is 20.8 Å². The number of carbonyl (C=O) groups is 1. The first-order valence-corrected chi connectivity index (χ1v) is 4.85. The van der Waals surface area contributed by atoms with Gasteiger partial charge in [-0.1, -0.05) is 0 Å². The first kappa shape index (κ1) is 11.3. The standard InChI is InChI=1S/C7H7NO5S/c1-7(2,3)13-6(9)8-4-5-12-14(8,10)11/h1-3H,4-5H2. The smallest absolute Gasteiger partial charge is 0.426 e. The van der Waals surface area contributed by atoms with Gasteiger partial charge in [-0.05, 0) is 0 Å². The molecule has 0 aromatic carbocycles. The van der Waals surface area contributed by atoms with E-state index in [0.29, 0.717) is 4.31 Å². The van der Waals surface area contributed by atoms with Crippen LogP contribution in [0, 0.1) is 20.8 Å². The molecule has 6 nitrogen and oxygen atoms in total. The quantitative estimate of drug-likeness (QED) is 0.596. The van der Waals surface area contributed by atoms with Crippen LogP contribution < -0.4 is 0 Å². The largest absolute Gasteiger partial charge is 0.441 e. The van der Waals surface area contributed by atoms with Crippen LogP contribution in [-0.4, -0.2) is 37.6 Å². The summed E-state index contributed by atoms with van der Waals surface area (Å²) < 4.78 is 30.8. The van der Waals surface area contributed by atoms with E-state index in [9.17, 15) is 13.2 Å². The molecule has 1 aliphatic heterocycles. The second kappa shape index (κ2) is 3.39. The Bertz CT molecular complexity index is 328. The van der Waals surface area contributed by atoms with Crippen LogP contribution in [0.25, 0.3) is 0 Å². The summed E-state index contributed by atoms with van der Waals surface area (Å²) in [5.74, 6) is 0. The minimum Gasteiger partial charge on any atom is -0.441 e. The summed E-state index contributed by atoms with van der Waals surface area (Å²) in [4.78, 5) is 11.1. The molecule has 0 unspecified atom stereocenters. The lowest BCUT2D eigenvalue weighted by Gasteiger charge is -2.21. The molecule has 76 valence electrons. The van der Waals surface area contributed by atoms with Crippen molar-refractivity contribution in [3.8, 4) is 0 Å². The van der Waals surface area contributed by atoms with E-state index in [-0.39, 0.29) is 13.2 Å². The third kappa shape index (κ3) is 2.58. The number of nitrogens with zero attached hydrogens (tertiary/aromatic N) is 1. The number of amides is 1. The van der Waals surface area contributed by atoms with Gasteiger partial charge in [-0.3, -0.25) is 4.18 Å². The zero-order chi connectivity index (χ0) is 11.0. The molecule has 0 spiro atoms. The molecule has 0 N–H and O–H groups in total. The monoisotopic (exact) mass is 217 g/mol. The van der Waals surface area contributed by atoms with Crippen molar-refractivity contribution in [2.45, 2.75) is 5.60 Å². The van der Waals surface area contributed by atoms with Crippen LogP contribution in [0.15, 0.2) is 0 Å². The van der Waals surface area contributed by atoms with E-state index in [1.807, 2.05) is 0 Å². The predicted octanol–water partition coefficient (Wildman–Crippen LogP) is -0.428. The molecule has 1 fully saturated rings. The molecule has 1 amide bonds. The van der Waals surface area contributed by atoms with E-state index in [4.69, 9.17) is 20.8 Å². The summed E-state index contributed by atoms with van der Waals surface area (Å²) in [6.07, 6.45) is -1.27. The molecule has 0 saturated carbocycles. The highest BCUT2D eigenvalue weighted by atomic mass is 32.2. The maximum absolute atomic E-state index is 11.1. The highest BCUT2D eigenvalue weighted by Crippen LogP contribution is 2.16. The number of carbonyl (C=O) groups excluding carboxylic acids is 1. The lowest BCUT2D eigenvalue weighted by Crippen LogP contribution is -2.38. The maximum Gasteiger partial charge on any atom is 0.426 e. The van der Waals surface area contributed by atoms with Crippen molar-refractivity contribution in [2.75, 3.05) is 13.2 Å². The van der Waals surface area contributed by atoms with E-state index >= 15 is 0 Å². The minimum atomic E-state index is -4.07. The fourth-order valence-electron chi connectivity index (χ4n) is 0.786. The topological polar surface area (TPSA) is 72.9 Å². The Morgan fingerprint density at radius 2 is 2.00 bits per heavy atom. The van der Waals surface area contributed by atoms with Crippen molar-refractivity contribution in [1.29, 1.82) is 0 Å². The molecular formula is C7H7NO5S. The van der Waals surface area contributed by atoms with Crippen molar-refractivity contribution in [3.05, 3.63) is 20.8 Å². The maximum atomic E-state index is 11.1. The van der Waals surface area contributed by atoms with E-state index in [1.54, 1.807) is 0 Å². The average molecular weight is 217 g/mol. The zero-order valence-electron chi connectivity index (χ0n) is 7.04. The van der Waals surface area contributed by atoms with Gasteiger partial charge >= 0.3 is 16.4 Å². The lowest BCUT2D eigenvalue weighted by molar-refractivity contribution is 0.0847. The average Bonchev–Trinajstić information content (AvgIpc) is 2.25. The third-order valence-corrected chi connectivity index (χ3v) is 2.60. The molecule has 1 aliphatic rings. The highest BCUT2D eigenvalue weighted by Gasteiger charge is 2.37. The molecule has 14 heavy (non-hydrogen) atoms. The Morgan fingerprint density at radius 3 is 2.36 bits per heavy atom. The molecule has 1 saturated heterocycles. The van der Waals surface area contributed by atoms with Gasteiger partial charge in [-0.25, -0.2) is 4.79 Å². The summed E-state index contributed by atoms with van der Waals surface area (Å²) >= 11 is 0. The summed E-state index contributed by atoms with van der Waals surface area (Å²) in [7, 11) is -4.07. The second-order valence-electron chi connectivity index (χ2n) is 2.57. The summed E-state index contributed by atoms with van der Waals surface area (Å²) in [6, 6.07) is 0. The zero-order valence-corrected chi connectivity index (χ0v) is 7.86. The molecule has 1 rings (SSSR count). The predicted molar refractivity (Wildman–Crippen MR) is 43.7 cm³/mol. The summed E-state index contributed by atoms with van der Waals surface area (Å²) in [6.45, 7) is 14.5. The summed E-state index contributed by atoms with van der Waals surface area (Å²) in [5.41, 5.74) is -2.21. The van der Waals surface area contributed by atoms with Crippen LogP contribution in [-0.2, 0) is 19.2 Å². The second-order valence-corrected chi connectivity index (χ2v) is 4.11. The molecule has 0 aromatic rings. The van der Waals surface area contributed by atoms with Crippen LogP contribution in [0.3, 0.4) is 0 Å². The van der Waals surface area contributed by atoms with Crippen LogP contribution in [0.2, 0.25) is 0 Å². The summed E-state index contributed by atoms with van der Waals surface area (Å²) in [5, 5.41) is 0. The number of hydrogen-bond acceptors (Lipinski definition) is 5. The van der Waals surface area contributed by atoms with Crippen molar-refractivity contribution >= 4 is 16.4 Å². The number of ether oxygens (including phenoxy) is 1. The molecule has 0 aliphatic carbocycles. The molecule has 6 radical (unpaired) electrons. The van der Waals surface area contributed by atoms with E-state index in [1.165, 1.54) is 0 Å².